The number of halogens is 1. The molecule has 104 valence electrons. The summed E-state index contributed by atoms with van der Waals surface area (Å²) in [5.74, 6) is -0.774. The summed E-state index contributed by atoms with van der Waals surface area (Å²) in [6.07, 6.45) is 2.42. The molecule has 1 aromatic rings. The van der Waals surface area contributed by atoms with Crippen molar-refractivity contribution in [2.45, 2.75) is 25.7 Å². The van der Waals surface area contributed by atoms with Crippen molar-refractivity contribution >= 4 is 40.3 Å². The second-order valence-corrected chi connectivity index (χ2v) is 5.34. The number of hydrogen-bond acceptors (Lipinski definition) is 2. The van der Waals surface area contributed by atoms with Gasteiger partial charge in [-0.1, -0.05) is 12.5 Å². The van der Waals surface area contributed by atoms with E-state index >= 15 is 0 Å². The van der Waals surface area contributed by atoms with Gasteiger partial charge in [-0.3, -0.25) is 4.79 Å². The summed E-state index contributed by atoms with van der Waals surface area (Å²) < 4.78 is 1.06. The summed E-state index contributed by atoms with van der Waals surface area (Å²) in [6, 6.07) is 7.30. The van der Waals surface area contributed by atoms with Crippen LogP contribution in [0, 0.1) is 3.57 Å². The minimum absolute atomic E-state index is 0.189. The summed E-state index contributed by atoms with van der Waals surface area (Å²) in [6.45, 7) is 0.551. The van der Waals surface area contributed by atoms with Crippen LogP contribution in [0.4, 0.5) is 10.5 Å². The number of aliphatic carboxylic acids is 1. The van der Waals surface area contributed by atoms with Gasteiger partial charge in [-0.2, -0.15) is 0 Å². The number of hydrogen-bond donors (Lipinski definition) is 3. The number of carbonyl (C=O) groups is 2. The highest BCUT2D eigenvalue weighted by molar-refractivity contribution is 14.1. The molecule has 0 bridgehead atoms. The molecule has 0 unspecified atom stereocenters. The van der Waals surface area contributed by atoms with Gasteiger partial charge in [0.2, 0.25) is 0 Å². The molecule has 0 saturated carbocycles. The van der Waals surface area contributed by atoms with Gasteiger partial charge in [0.05, 0.1) is 0 Å². The summed E-state index contributed by atoms with van der Waals surface area (Å²) in [5, 5.41) is 13.9. The molecule has 0 aliphatic heterocycles. The van der Waals surface area contributed by atoms with Crippen LogP contribution < -0.4 is 10.6 Å². The van der Waals surface area contributed by atoms with Crippen molar-refractivity contribution in [3.05, 3.63) is 27.8 Å². The summed E-state index contributed by atoms with van der Waals surface area (Å²) in [5.41, 5.74) is 0.760. The number of rotatable bonds is 7. The number of carboxylic acids is 1. The Morgan fingerprint density at radius 3 is 2.68 bits per heavy atom. The molecule has 0 saturated heterocycles. The maximum atomic E-state index is 11.5. The summed E-state index contributed by atoms with van der Waals surface area (Å²) in [4.78, 5) is 21.8. The minimum atomic E-state index is -0.774. The number of carboxylic acid groups (broad SMARTS) is 1. The average Bonchev–Trinajstić information content (AvgIpc) is 2.33. The highest BCUT2D eigenvalue weighted by atomic mass is 127. The van der Waals surface area contributed by atoms with E-state index in [0.29, 0.717) is 13.0 Å². The second-order valence-electron chi connectivity index (χ2n) is 4.10. The number of anilines is 1. The molecular weight excluding hydrogens is 359 g/mol. The van der Waals surface area contributed by atoms with Gasteiger partial charge in [0.15, 0.2) is 0 Å². The van der Waals surface area contributed by atoms with Crippen molar-refractivity contribution in [1.29, 1.82) is 0 Å². The number of amides is 2. The van der Waals surface area contributed by atoms with Crippen molar-refractivity contribution < 1.29 is 14.7 Å². The topological polar surface area (TPSA) is 78.4 Å². The van der Waals surface area contributed by atoms with E-state index in [1.165, 1.54) is 0 Å². The zero-order valence-electron chi connectivity index (χ0n) is 10.5. The van der Waals surface area contributed by atoms with E-state index in [1.807, 2.05) is 24.3 Å². The molecular formula is C13H17IN2O3. The fourth-order valence-corrected chi connectivity index (χ4v) is 2.06. The normalized spacial score (nSPS) is 9.95. The van der Waals surface area contributed by atoms with E-state index in [4.69, 9.17) is 5.11 Å². The van der Waals surface area contributed by atoms with E-state index in [2.05, 4.69) is 33.2 Å². The zero-order valence-corrected chi connectivity index (χ0v) is 12.6. The summed E-state index contributed by atoms with van der Waals surface area (Å²) >= 11 is 2.18. The van der Waals surface area contributed by atoms with Crippen LogP contribution in [-0.4, -0.2) is 23.7 Å². The van der Waals surface area contributed by atoms with Crippen LogP contribution in [0.3, 0.4) is 0 Å². The van der Waals surface area contributed by atoms with Gasteiger partial charge in [-0.25, -0.2) is 4.79 Å². The van der Waals surface area contributed by atoms with Crippen molar-refractivity contribution in [2.75, 3.05) is 11.9 Å². The van der Waals surface area contributed by atoms with Gasteiger partial charge in [-0.05, 0) is 53.6 Å². The molecule has 6 heteroatoms. The Labute approximate surface area is 125 Å². The van der Waals surface area contributed by atoms with Gasteiger partial charge < -0.3 is 15.7 Å². The second kappa shape index (κ2) is 8.73. The lowest BCUT2D eigenvalue weighted by Crippen LogP contribution is -2.29. The van der Waals surface area contributed by atoms with Crippen LogP contribution in [0.2, 0.25) is 0 Å². The third kappa shape index (κ3) is 7.66. The number of carbonyl (C=O) groups excluding carboxylic acids is 1. The Kier molecular flexibility index (Phi) is 7.24. The molecule has 0 aromatic heterocycles. The highest BCUT2D eigenvalue weighted by Gasteiger charge is 2.01. The van der Waals surface area contributed by atoms with Gasteiger partial charge in [0, 0.05) is 22.2 Å². The van der Waals surface area contributed by atoms with Crippen molar-refractivity contribution in [3.8, 4) is 0 Å². The molecule has 2 amide bonds. The van der Waals surface area contributed by atoms with Crippen LogP contribution in [0.1, 0.15) is 25.7 Å². The lowest BCUT2D eigenvalue weighted by molar-refractivity contribution is -0.137. The van der Waals surface area contributed by atoms with Crippen LogP contribution >= 0.6 is 22.6 Å². The summed E-state index contributed by atoms with van der Waals surface area (Å²) in [7, 11) is 0. The third-order valence-electron chi connectivity index (χ3n) is 2.44. The zero-order chi connectivity index (χ0) is 14.1. The molecule has 5 nitrogen and oxygen atoms in total. The van der Waals surface area contributed by atoms with E-state index in [9.17, 15) is 9.59 Å². The van der Waals surface area contributed by atoms with E-state index in [-0.39, 0.29) is 12.5 Å². The number of benzene rings is 1. The van der Waals surface area contributed by atoms with E-state index in [0.717, 1.165) is 22.1 Å². The largest absolute Gasteiger partial charge is 0.481 e. The van der Waals surface area contributed by atoms with Crippen molar-refractivity contribution in [1.82, 2.24) is 5.32 Å². The maximum absolute atomic E-state index is 11.5. The number of nitrogens with one attached hydrogen (secondary N) is 2. The SMILES string of the molecule is O=C(O)CCCCCNC(=O)Nc1cccc(I)c1. The van der Waals surface area contributed by atoms with Crippen LogP contribution in [0.5, 0.6) is 0 Å². The first-order chi connectivity index (χ1) is 9.08. The van der Waals surface area contributed by atoms with Crippen LogP contribution in [-0.2, 0) is 4.79 Å². The lowest BCUT2D eigenvalue weighted by Gasteiger charge is -2.07. The lowest BCUT2D eigenvalue weighted by atomic mass is 10.2. The van der Waals surface area contributed by atoms with Crippen molar-refractivity contribution in [3.63, 3.8) is 0 Å². The van der Waals surface area contributed by atoms with Gasteiger partial charge >= 0.3 is 12.0 Å². The van der Waals surface area contributed by atoms with E-state index in [1.54, 1.807) is 0 Å². The Morgan fingerprint density at radius 2 is 2.00 bits per heavy atom. The molecule has 0 radical (unpaired) electrons. The standard InChI is InChI=1S/C13H17IN2O3/c14-10-5-4-6-11(9-10)16-13(19)15-8-3-1-2-7-12(17)18/h4-6,9H,1-3,7-8H2,(H,17,18)(H2,15,16,19). The minimum Gasteiger partial charge on any atom is -0.481 e. The maximum Gasteiger partial charge on any atom is 0.319 e. The van der Waals surface area contributed by atoms with E-state index < -0.39 is 5.97 Å². The average molecular weight is 376 g/mol. The first kappa shape index (κ1) is 15.7. The predicted molar refractivity (Wildman–Crippen MR) is 82.3 cm³/mol. The Balaban J connectivity index is 2.13. The highest BCUT2D eigenvalue weighted by Crippen LogP contribution is 2.11. The number of unbranched alkanes of at least 4 members (excludes halogenated alkanes) is 2. The molecule has 1 aromatic carbocycles. The first-order valence-electron chi connectivity index (χ1n) is 6.10. The Bertz CT molecular complexity index is 438. The van der Waals surface area contributed by atoms with Crippen LogP contribution in [0.15, 0.2) is 24.3 Å². The molecule has 0 fully saturated rings. The quantitative estimate of drug-likeness (QED) is 0.506. The first-order valence-corrected chi connectivity index (χ1v) is 7.18. The van der Waals surface area contributed by atoms with Gasteiger partial charge in [0.1, 0.15) is 0 Å². The number of urea groups is 1. The van der Waals surface area contributed by atoms with Crippen molar-refractivity contribution in [2.24, 2.45) is 0 Å². The Hall–Kier alpha value is -1.31. The molecule has 0 atom stereocenters. The third-order valence-corrected chi connectivity index (χ3v) is 3.11. The monoisotopic (exact) mass is 376 g/mol. The smallest absolute Gasteiger partial charge is 0.319 e. The Morgan fingerprint density at radius 1 is 1.21 bits per heavy atom. The molecule has 0 aliphatic carbocycles. The van der Waals surface area contributed by atoms with Gasteiger partial charge in [0.25, 0.3) is 0 Å². The fraction of sp³-hybridized carbons (Fsp3) is 0.385. The molecule has 0 spiro atoms. The van der Waals surface area contributed by atoms with Gasteiger partial charge in [-0.15, -0.1) is 0 Å². The molecule has 0 aliphatic rings. The molecule has 3 N–H and O–H groups in total. The fourth-order valence-electron chi connectivity index (χ4n) is 1.52. The van der Waals surface area contributed by atoms with Crippen LogP contribution in [0.25, 0.3) is 0 Å². The predicted octanol–water partition coefficient (Wildman–Crippen LogP) is 3.06. The molecule has 19 heavy (non-hydrogen) atoms. The molecule has 0 heterocycles. The molecule has 1 rings (SSSR count).